The van der Waals surface area contributed by atoms with Crippen LogP contribution >= 0.6 is 0 Å². The predicted octanol–water partition coefficient (Wildman–Crippen LogP) is 8.43. The highest BCUT2D eigenvalue weighted by atomic mass is 16.4. The number of carbonyl (C=O) groups is 1. The van der Waals surface area contributed by atoms with E-state index in [4.69, 9.17) is 0 Å². The van der Waals surface area contributed by atoms with Crippen LogP contribution in [-0.4, -0.2) is 11.1 Å². The monoisotopic (exact) mass is 440 g/mol. The zero-order valence-electron chi connectivity index (χ0n) is 21.9. The molecule has 0 radical (unpaired) electrons. The van der Waals surface area contributed by atoms with E-state index in [2.05, 4.69) is 61.1 Å². The van der Waals surface area contributed by atoms with E-state index in [1.165, 1.54) is 44.1 Å². The van der Waals surface area contributed by atoms with Crippen molar-refractivity contribution < 1.29 is 9.90 Å². The quantitative estimate of drug-likeness (QED) is 0.445. The van der Waals surface area contributed by atoms with Gasteiger partial charge in [-0.15, -0.1) is 0 Å². The highest BCUT2D eigenvalue weighted by Crippen LogP contribution is 2.74. The first-order valence-corrected chi connectivity index (χ1v) is 13.3. The second-order valence-electron chi connectivity index (χ2n) is 14.1. The van der Waals surface area contributed by atoms with Gasteiger partial charge in [-0.05, 0) is 110 Å². The molecule has 0 aromatic carbocycles. The van der Waals surface area contributed by atoms with E-state index in [-0.39, 0.29) is 22.7 Å². The summed E-state index contributed by atoms with van der Waals surface area (Å²) in [4.78, 5) is 11.6. The smallest absolute Gasteiger partial charge is 0.303 e. The molecule has 1 N–H and O–H groups in total. The fraction of sp³-hybridized carbons (Fsp3) is 0.833. The summed E-state index contributed by atoms with van der Waals surface area (Å²) >= 11 is 0. The average Bonchev–Trinajstić information content (AvgIpc) is 2.68. The minimum absolute atomic E-state index is 0.00878. The largest absolute Gasteiger partial charge is 0.481 e. The third-order valence-electron chi connectivity index (χ3n) is 11.8. The van der Waals surface area contributed by atoms with Crippen molar-refractivity contribution in [3.05, 3.63) is 23.8 Å². The number of hydrogen-bond donors (Lipinski definition) is 1. The van der Waals surface area contributed by atoms with Gasteiger partial charge in [0.1, 0.15) is 0 Å². The van der Waals surface area contributed by atoms with Crippen molar-refractivity contribution in [1.82, 2.24) is 0 Å². The lowest BCUT2D eigenvalue weighted by molar-refractivity contribution is -0.149. The van der Waals surface area contributed by atoms with Crippen molar-refractivity contribution in [2.24, 2.45) is 44.8 Å². The van der Waals surface area contributed by atoms with Crippen molar-refractivity contribution in [3.63, 3.8) is 0 Å². The molecule has 0 bridgehead atoms. The van der Waals surface area contributed by atoms with Gasteiger partial charge < -0.3 is 5.11 Å². The molecule has 0 saturated heterocycles. The summed E-state index contributed by atoms with van der Waals surface area (Å²) in [5.74, 6) is 1.02. The molecule has 0 amide bonds. The first-order valence-electron chi connectivity index (χ1n) is 13.3. The van der Waals surface area contributed by atoms with Gasteiger partial charge in [0.15, 0.2) is 0 Å². The SMILES string of the molecule is C=C(C)C1CC[C@]2(C)[C@H](CC=C3[C@H]4CC(C)(C)CC[C@]4(C)CC[C@]32C)[C@@]1(C)CCC(=O)O. The molecule has 0 aromatic heterocycles. The number of aliphatic carboxylic acids is 1. The molecule has 3 fully saturated rings. The summed E-state index contributed by atoms with van der Waals surface area (Å²) < 4.78 is 0. The standard InChI is InChI=1S/C30H48O2/c1-20(2)21-11-14-30(8)24(28(21,6)13-12-25(31)32)10-9-22-23-19-26(3,4)15-16-27(23,5)17-18-29(22,30)7/h9,21,23-24H,1,10-19H2,2-8H3,(H,31,32)/t21?,23-,24-,27-,28+,29-,30-/m1/s1. The molecule has 0 aliphatic heterocycles. The van der Waals surface area contributed by atoms with Crippen LogP contribution in [0, 0.1) is 44.8 Å². The van der Waals surface area contributed by atoms with Crippen LogP contribution in [0.3, 0.4) is 0 Å². The van der Waals surface area contributed by atoms with Gasteiger partial charge in [-0.25, -0.2) is 0 Å². The van der Waals surface area contributed by atoms with E-state index >= 15 is 0 Å². The van der Waals surface area contributed by atoms with Gasteiger partial charge in [0.2, 0.25) is 0 Å². The van der Waals surface area contributed by atoms with Crippen LogP contribution in [-0.2, 0) is 4.79 Å². The lowest BCUT2D eigenvalue weighted by Crippen LogP contribution is -2.61. The van der Waals surface area contributed by atoms with E-state index in [0.29, 0.717) is 28.6 Å². The fourth-order valence-corrected chi connectivity index (χ4v) is 9.42. The van der Waals surface area contributed by atoms with Crippen molar-refractivity contribution in [3.8, 4) is 0 Å². The zero-order chi connectivity index (χ0) is 23.7. The zero-order valence-corrected chi connectivity index (χ0v) is 21.9. The van der Waals surface area contributed by atoms with Gasteiger partial charge in [-0.1, -0.05) is 65.3 Å². The summed E-state index contributed by atoms with van der Waals surface area (Å²) in [5, 5.41) is 9.55. The Balaban J connectivity index is 1.78. The van der Waals surface area contributed by atoms with Gasteiger partial charge in [-0.3, -0.25) is 4.79 Å². The minimum Gasteiger partial charge on any atom is -0.481 e. The van der Waals surface area contributed by atoms with E-state index in [1.54, 1.807) is 5.57 Å². The average molecular weight is 441 g/mol. The third kappa shape index (κ3) is 3.37. The van der Waals surface area contributed by atoms with Crippen LogP contribution in [0.2, 0.25) is 0 Å². The summed E-state index contributed by atoms with van der Waals surface area (Å²) in [6, 6.07) is 0. The van der Waals surface area contributed by atoms with Crippen LogP contribution in [0.15, 0.2) is 23.8 Å². The molecule has 4 rings (SSSR count). The van der Waals surface area contributed by atoms with Gasteiger partial charge >= 0.3 is 5.97 Å². The molecule has 32 heavy (non-hydrogen) atoms. The van der Waals surface area contributed by atoms with Gasteiger partial charge in [0.25, 0.3) is 0 Å². The predicted molar refractivity (Wildman–Crippen MR) is 133 cm³/mol. The number of fused-ring (bicyclic) bond motifs is 5. The van der Waals surface area contributed by atoms with Crippen LogP contribution in [0.4, 0.5) is 0 Å². The molecule has 2 nitrogen and oxygen atoms in total. The number of hydrogen-bond acceptors (Lipinski definition) is 1. The lowest BCUT2D eigenvalue weighted by atomic mass is 9.35. The third-order valence-corrected chi connectivity index (χ3v) is 11.8. The van der Waals surface area contributed by atoms with E-state index in [9.17, 15) is 9.90 Å². The molecule has 180 valence electrons. The Bertz CT molecular complexity index is 836. The maximum atomic E-state index is 11.6. The van der Waals surface area contributed by atoms with Crippen LogP contribution in [0.1, 0.15) is 113 Å². The Hall–Kier alpha value is -1.05. The number of rotatable bonds is 4. The Morgan fingerprint density at radius 1 is 1.06 bits per heavy atom. The van der Waals surface area contributed by atoms with Crippen LogP contribution < -0.4 is 0 Å². The molecule has 4 aliphatic rings. The fourth-order valence-electron chi connectivity index (χ4n) is 9.42. The van der Waals surface area contributed by atoms with Gasteiger partial charge in [0, 0.05) is 6.42 Å². The normalized spacial score (nSPS) is 47.5. The summed E-state index contributed by atoms with van der Waals surface area (Å²) in [6.45, 7) is 21.7. The van der Waals surface area contributed by atoms with E-state index in [1.807, 2.05) is 0 Å². The maximum Gasteiger partial charge on any atom is 0.303 e. The number of carboxylic acid groups (broad SMARTS) is 1. The molecule has 2 heteroatoms. The van der Waals surface area contributed by atoms with Crippen molar-refractivity contribution in [2.45, 2.75) is 113 Å². The first-order chi connectivity index (χ1) is 14.7. The van der Waals surface area contributed by atoms with Crippen LogP contribution in [0.25, 0.3) is 0 Å². The first kappa shape index (κ1) is 24.1. The molecule has 1 unspecified atom stereocenters. The topological polar surface area (TPSA) is 37.3 Å². The van der Waals surface area contributed by atoms with Crippen LogP contribution in [0.5, 0.6) is 0 Å². The second-order valence-corrected chi connectivity index (χ2v) is 14.1. The van der Waals surface area contributed by atoms with Gasteiger partial charge in [-0.2, -0.15) is 0 Å². The number of allylic oxidation sites excluding steroid dienone is 3. The Kier molecular flexibility index (Phi) is 5.63. The molecule has 0 spiro atoms. The molecule has 0 heterocycles. The van der Waals surface area contributed by atoms with Crippen molar-refractivity contribution in [1.29, 1.82) is 0 Å². The van der Waals surface area contributed by atoms with E-state index in [0.717, 1.165) is 19.3 Å². The molecule has 0 aromatic rings. The molecule has 7 atom stereocenters. The summed E-state index contributed by atoms with van der Waals surface area (Å²) in [6.07, 6.45) is 14.0. The van der Waals surface area contributed by atoms with Crippen molar-refractivity contribution >= 4 is 5.97 Å². The summed E-state index contributed by atoms with van der Waals surface area (Å²) in [5.41, 5.74) is 4.42. The Morgan fingerprint density at radius 2 is 1.72 bits per heavy atom. The maximum absolute atomic E-state index is 11.6. The van der Waals surface area contributed by atoms with E-state index < -0.39 is 5.97 Å². The molecule has 4 aliphatic carbocycles. The highest BCUT2D eigenvalue weighted by molar-refractivity contribution is 5.66. The lowest BCUT2D eigenvalue weighted by Gasteiger charge is -2.69. The second kappa shape index (κ2) is 7.47. The molecular weight excluding hydrogens is 392 g/mol. The number of carboxylic acids is 1. The molecular formula is C30H48O2. The Labute approximate surface area is 197 Å². The van der Waals surface area contributed by atoms with Crippen molar-refractivity contribution in [2.75, 3.05) is 0 Å². The summed E-state index contributed by atoms with van der Waals surface area (Å²) in [7, 11) is 0. The highest BCUT2D eigenvalue weighted by Gasteiger charge is 2.65. The minimum atomic E-state index is -0.657. The van der Waals surface area contributed by atoms with Gasteiger partial charge in [0.05, 0.1) is 0 Å². The molecule has 3 saturated carbocycles. The Morgan fingerprint density at radius 3 is 2.34 bits per heavy atom.